The zero-order valence-corrected chi connectivity index (χ0v) is 19.6. The molecule has 0 spiro atoms. The molecule has 0 aliphatic heterocycles. The van der Waals surface area contributed by atoms with Gasteiger partial charge < -0.3 is 32.5 Å². The average Bonchev–Trinajstić information content (AvgIpc) is 2.71. The number of primary amides is 1. The van der Waals surface area contributed by atoms with Crippen molar-refractivity contribution in [3.63, 3.8) is 0 Å². The Morgan fingerprint density at radius 1 is 1.00 bits per heavy atom. The summed E-state index contributed by atoms with van der Waals surface area (Å²) in [6.07, 6.45) is 2.21. The van der Waals surface area contributed by atoms with Crippen LogP contribution in [0.2, 0.25) is 0 Å². The van der Waals surface area contributed by atoms with Crippen LogP contribution in [0.15, 0.2) is 0 Å². The molecule has 0 saturated heterocycles. The highest BCUT2D eigenvalue weighted by Crippen LogP contribution is 2.08. The predicted molar refractivity (Wildman–Crippen MR) is 122 cm³/mol. The van der Waals surface area contributed by atoms with Crippen molar-refractivity contribution in [1.82, 2.24) is 16.0 Å². The van der Waals surface area contributed by atoms with Crippen LogP contribution in [0.3, 0.4) is 0 Å². The molecule has 5 unspecified atom stereocenters. The first-order chi connectivity index (χ1) is 14.5. The van der Waals surface area contributed by atoms with Gasteiger partial charge in [0.05, 0.1) is 12.5 Å². The van der Waals surface area contributed by atoms with Gasteiger partial charge in [-0.25, -0.2) is 4.79 Å². The number of carboxylic acids is 1. The van der Waals surface area contributed by atoms with Gasteiger partial charge in [0.2, 0.25) is 23.6 Å². The third-order valence-electron chi connectivity index (χ3n) is 4.64. The van der Waals surface area contributed by atoms with E-state index >= 15 is 0 Å². The summed E-state index contributed by atoms with van der Waals surface area (Å²) in [5, 5.41) is 16.2. The van der Waals surface area contributed by atoms with E-state index in [1.807, 2.05) is 20.1 Å². The molecule has 0 fully saturated rings. The minimum absolute atomic E-state index is 0.105. The second-order valence-electron chi connectivity index (χ2n) is 7.07. The quantitative estimate of drug-likeness (QED) is 0.137. The van der Waals surface area contributed by atoms with Crippen LogP contribution in [0.1, 0.15) is 33.1 Å². The van der Waals surface area contributed by atoms with E-state index in [1.54, 1.807) is 0 Å². The number of hydrogen-bond donors (Lipinski definition) is 7. The van der Waals surface area contributed by atoms with Crippen molar-refractivity contribution in [2.45, 2.75) is 57.3 Å². The Balaban J connectivity index is 5.42. The van der Waals surface area contributed by atoms with Crippen LogP contribution in [-0.4, -0.2) is 76.6 Å². The van der Waals surface area contributed by atoms with E-state index in [4.69, 9.17) is 16.6 Å². The molecule has 0 aromatic carbocycles. The van der Waals surface area contributed by atoms with Crippen molar-refractivity contribution in [3.8, 4) is 0 Å². The number of rotatable bonds is 15. The summed E-state index contributed by atoms with van der Waals surface area (Å²) in [4.78, 5) is 60.2. The maximum Gasteiger partial charge on any atom is 0.327 e. The van der Waals surface area contributed by atoms with Crippen molar-refractivity contribution in [1.29, 1.82) is 0 Å². The van der Waals surface area contributed by atoms with E-state index in [0.29, 0.717) is 12.2 Å². The van der Waals surface area contributed by atoms with Crippen LogP contribution in [0.25, 0.3) is 0 Å². The number of hydrogen-bond acceptors (Lipinski definition) is 8. The van der Waals surface area contributed by atoms with E-state index in [1.165, 1.54) is 11.8 Å². The Morgan fingerprint density at radius 3 is 1.97 bits per heavy atom. The molecule has 0 heterocycles. The van der Waals surface area contributed by atoms with Crippen LogP contribution in [-0.2, 0) is 24.0 Å². The molecule has 178 valence electrons. The fraction of sp³-hybridized carbons (Fsp3) is 0.722. The summed E-state index contributed by atoms with van der Waals surface area (Å²) >= 11 is 5.31. The Hall–Kier alpha value is -1.99. The number of thiol groups is 1. The van der Waals surface area contributed by atoms with E-state index < -0.39 is 60.2 Å². The Kier molecular flexibility index (Phi) is 14.0. The van der Waals surface area contributed by atoms with Gasteiger partial charge in [0, 0.05) is 5.75 Å². The molecule has 13 heteroatoms. The number of carboxylic acid groups (broad SMARTS) is 1. The van der Waals surface area contributed by atoms with Crippen molar-refractivity contribution >= 4 is 54.0 Å². The third-order valence-corrected chi connectivity index (χ3v) is 5.65. The molecule has 0 saturated carbocycles. The lowest BCUT2D eigenvalue weighted by Gasteiger charge is -2.25. The zero-order valence-electron chi connectivity index (χ0n) is 17.9. The lowest BCUT2D eigenvalue weighted by Crippen LogP contribution is -2.58. The molecule has 0 aromatic heterocycles. The summed E-state index contributed by atoms with van der Waals surface area (Å²) in [7, 11) is 0. The number of nitrogens with one attached hydrogen (secondary N) is 3. The maximum atomic E-state index is 12.8. The van der Waals surface area contributed by atoms with E-state index in [0.717, 1.165) is 0 Å². The fourth-order valence-corrected chi connectivity index (χ4v) is 3.14. The van der Waals surface area contributed by atoms with Gasteiger partial charge in [-0.15, -0.1) is 0 Å². The monoisotopic (exact) mass is 479 g/mol. The second kappa shape index (κ2) is 14.9. The van der Waals surface area contributed by atoms with E-state index in [9.17, 15) is 24.0 Å². The Labute approximate surface area is 191 Å². The molecule has 0 radical (unpaired) electrons. The molecule has 8 N–H and O–H groups in total. The van der Waals surface area contributed by atoms with Crippen LogP contribution in [0.5, 0.6) is 0 Å². The molecular weight excluding hydrogens is 446 g/mol. The summed E-state index contributed by atoms with van der Waals surface area (Å²) in [6.45, 7) is 3.70. The van der Waals surface area contributed by atoms with Gasteiger partial charge in [-0.05, 0) is 24.3 Å². The smallest absolute Gasteiger partial charge is 0.327 e. The molecule has 5 atom stereocenters. The van der Waals surface area contributed by atoms with Gasteiger partial charge in [-0.2, -0.15) is 24.4 Å². The molecule has 31 heavy (non-hydrogen) atoms. The first-order valence-corrected chi connectivity index (χ1v) is 11.8. The largest absolute Gasteiger partial charge is 0.480 e. The van der Waals surface area contributed by atoms with Crippen molar-refractivity contribution in [2.24, 2.45) is 17.4 Å². The van der Waals surface area contributed by atoms with Crippen molar-refractivity contribution in [3.05, 3.63) is 0 Å². The highest BCUT2D eigenvalue weighted by atomic mass is 32.2. The molecule has 0 bridgehead atoms. The van der Waals surface area contributed by atoms with Crippen molar-refractivity contribution in [2.75, 3.05) is 17.8 Å². The lowest BCUT2D eigenvalue weighted by atomic mass is 9.99. The molecule has 0 aliphatic carbocycles. The Bertz CT molecular complexity index is 651. The minimum atomic E-state index is -1.41. The first kappa shape index (κ1) is 29.0. The highest BCUT2D eigenvalue weighted by molar-refractivity contribution is 7.98. The summed E-state index contributed by atoms with van der Waals surface area (Å²) in [5.74, 6) is -4.08. The number of aliphatic carboxylic acids is 1. The first-order valence-electron chi connectivity index (χ1n) is 9.75. The topological polar surface area (TPSA) is 194 Å². The highest BCUT2D eigenvalue weighted by Gasteiger charge is 2.31. The van der Waals surface area contributed by atoms with Crippen LogP contribution >= 0.6 is 24.4 Å². The van der Waals surface area contributed by atoms with Crippen LogP contribution in [0, 0.1) is 5.92 Å². The fourth-order valence-electron chi connectivity index (χ4n) is 2.43. The van der Waals surface area contributed by atoms with Gasteiger partial charge >= 0.3 is 5.97 Å². The molecule has 11 nitrogen and oxygen atoms in total. The number of carbonyl (C=O) groups excluding carboxylic acids is 4. The van der Waals surface area contributed by atoms with E-state index in [-0.39, 0.29) is 18.1 Å². The normalized spacial score (nSPS) is 15.6. The lowest BCUT2D eigenvalue weighted by molar-refractivity contribution is -0.141. The van der Waals surface area contributed by atoms with Crippen LogP contribution in [0.4, 0.5) is 0 Å². The Morgan fingerprint density at radius 2 is 1.52 bits per heavy atom. The summed E-state index contributed by atoms with van der Waals surface area (Å²) in [6, 6.07) is -4.54. The number of carbonyl (C=O) groups is 5. The van der Waals surface area contributed by atoms with Gasteiger partial charge in [0.1, 0.15) is 18.1 Å². The van der Waals surface area contributed by atoms with Gasteiger partial charge in [-0.1, -0.05) is 20.3 Å². The predicted octanol–water partition coefficient (Wildman–Crippen LogP) is -1.54. The zero-order chi connectivity index (χ0) is 24.1. The second-order valence-corrected chi connectivity index (χ2v) is 8.42. The maximum absolute atomic E-state index is 12.8. The van der Waals surface area contributed by atoms with Crippen LogP contribution < -0.4 is 27.4 Å². The minimum Gasteiger partial charge on any atom is -0.480 e. The summed E-state index contributed by atoms with van der Waals surface area (Å²) < 4.78 is 0. The molecule has 0 aromatic rings. The molecule has 4 amide bonds. The number of amides is 4. The van der Waals surface area contributed by atoms with Gasteiger partial charge in [0.25, 0.3) is 0 Å². The van der Waals surface area contributed by atoms with Crippen molar-refractivity contribution < 1.29 is 29.1 Å². The molecule has 0 rings (SSSR count). The van der Waals surface area contributed by atoms with Gasteiger partial charge in [0.15, 0.2) is 0 Å². The third kappa shape index (κ3) is 10.7. The number of thioether (sulfide) groups is 1. The standard InChI is InChI=1S/C18H33N5O6S2/c1-4-9(2)14(20)17(27)21-10(5-6-31-3)15(25)22-11(7-13(19)24)16(26)23-12(8-30)18(28)29/h9-12,14,30H,4-8,20H2,1-3H3,(H2,19,24)(H,21,27)(H,22,25)(H,23,26)(H,28,29). The van der Waals surface area contributed by atoms with Gasteiger partial charge in [-0.3, -0.25) is 19.2 Å². The molecule has 0 aliphatic rings. The van der Waals surface area contributed by atoms with E-state index in [2.05, 4.69) is 28.6 Å². The SMILES string of the molecule is CCC(C)C(N)C(=O)NC(CCSC)C(=O)NC(CC(N)=O)C(=O)NC(CS)C(=O)O. The molecular formula is C18H33N5O6S2. The number of nitrogens with two attached hydrogens (primary N) is 2. The summed E-state index contributed by atoms with van der Waals surface area (Å²) in [5.41, 5.74) is 11.1. The average molecular weight is 480 g/mol.